The Morgan fingerprint density at radius 2 is 2.00 bits per heavy atom. The van der Waals surface area contributed by atoms with Crippen LogP contribution in [-0.4, -0.2) is 66.2 Å². The van der Waals surface area contributed by atoms with Crippen LogP contribution in [0.4, 0.5) is 0 Å². The summed E-state index contributed by atoms with van der Waals surface area (Å²) < 4.78 is 23.2. The molecule has 0 unspecified atom stereocenters. The Morgan fingerprint density at radius 3 is 2.52 bits per heavy atom. The fourth-order valence-electron chi connectivity index (χ4n) is 2.45. The molecule has 0 radical (unpaired) electrons. The van der Waals surface area contributed by atoms with E-state index in [-0.39, 0.29) is 24.0 Å². The van der Waals surface area contributed by atoms with Crippen molar-refractivity contribution >= 4 is 15.7 Å². The highest BCUT2D eigenvalue weighted by Gasteiger charge is 2.35. The number of carbonyl (C=O) groups excluding carboxylic acids is 1. The van der Waals surface area contributed by atoms with Gasteiger partial charge < -0.3 is 15.1 Å². The van der Waals surface area contributed by atoms with E-state index in [2.05, 4.69) is 0 Å². The van der Waals surface area contributed by atoms with Gasteiger partial charge in [0.1, 0.15) is 0 Å². The number of carbonyl (C=O) groups is 1. The molecule has 0 aliphatic carbocycles. The fourth-order valence-corrected chi connectivity index (χ4v) is 4.18. The van der Waals surface area contributed by atoms with Crippen molar-refractivity contribution in [2.75, 3.05) is 24.7 Å². The smallest absolute Gasteiger partial charge is 0.254 e. The van der Waals surface area contributed by atoms with Crippen LogP contribution < -0.4 is 0 Å². The van der Waals surface area contributed by atoms with Gasteiger partial charge in [-0.15, -0.1) is 0 Å². The first-order valence-electron chi connectivity index (χ1n) is 6.78. The van der Waals surface area contributed by atoms with Gasteiger partial charge in [-0.3, -0.25) is 4.79 Å². The first-order chi connectivity index (χ1) is 9.93. The molecule has 1 saturated heterocycles. The fraction of sp³-hybridized carbons (Fsp3) is 0.500. The van der Waals surface area contributed by atoms with Gasteiger partial charge >= 0.3 is 0 Å². The number of hydrogen-bond acceptors (Lipinski definition) is 5. The zero-order valence-corrected chi connectivity index (χ0v) is 12.4. The van der Waals surface area contributed by atoms with Crippen molar-refractivity contribution < 1.29 is 23.4 Å². The van der Waals surface area contributed by atoms with Crippen molar-refractivity contribution in [3.05, 3.63) is 35.9 Å². The summed E-state index contributed by atoms with van der Waals surface area (Å²) in [6, 6.07) is 8.06. The van der Waals surface area contributed by atoms with E-state index in [0.717, 1.165) is 0 Å². The minimum absolute atomic E-state index is 0.0471. The van der Waals surface area contributed by atoms with E-state index in [9.17, 15) is 18.3 Å². The largest absolute Gasteiger partial charge is 0.394 e. The normalized spacial score (nSPS) is 21.9. The Kier molecular flexibility index (Phi) is 4.97. The Bertz CT molecular complexity index is 587. The summed E-state index contributed by atoms with van der Waals surface area (Å²) >= 11 is 0. The van der Waals surface area contributed by atoms with Crippen LogP contribution in [-0.2, 0) is 9.84 Å². The van der Waals surface area contributed by atoms with Gasteiger partial charge in [-0.1, -0.05) is 18.2 Å². The molecule has 1 aromatic carbocycles. The van der Waals surface area contributed by atoms with Crippen LogP contribution in [0.1, 0.15) is 16.8 Å². The van der Waals surface area contributed by atoms with Gasteiger partial charge in [0.05, 0.1) is 24.2 Å². The molecule has 1 fully saturated rings. The number of rotatable bonds is 5. The molecule has 1 aliphatic heterocycles. The Hall–Kier alpha value is -1.44. The highest BCUT2D eigenvalue weighted by Crippen LogP contribution is 2.20. The highest BCUT2D eigenvalue weighted by molar-refractivity contribution is 7.91. The number of nitrogens with zero attached hydrogens (tertiary/aromatic N) is 1. The topological polar surface area (TPSA) is 94.9 Å². The van der Waals surface area contributed by atoms with Gasteiger partial charge in [-0.05, 0) is 18.6 Å². The predicted octanol–water partition coefficient (Wildman–Crippen LogP) is -0.331. The molecule has 21 heavy (non-hydrogen) atoms. The maximum atomic E-state index is 12.5. The minimum atomic E-state index is -3.14. The van der Waals surface area contributed by atoms with Crippen LogP contribution >= 0.6 is 0 Å². The maximum absolute atomic E-state index is 12.5. The molecule has 0 spiro atoms. The Morgan fingerprint density at radius 1 is 1.33 bits per heavy atom. The third-order valence-electron chi connectivity index (χ3n) is 3.55. The lowest BCUT2D eigenvalue weighted by molar-refractivity contribution is 0.0375. The van der Waals surface area contributed by atoms with E-state index < -0.39 is 28.6 Å². The molecular formula is C14H19NO5S. The third-order valence-corrected chi connectivity index (χ3v) is 5.30. The molecule has 1 amide bonds. The van der Waals surface area contributed by atoms with Crippen LogP contribution in [0, 0.1) is 0 Å². The summed E-state index contributed by atoms with van der Waals surface area (Å²) in [6.45, 7) is -0.553. The third kappa shape index (κ3) is 4.03. The highest BCUT2D eigenvalue weighted by atomic mass is 32.2. The number of amides is 1. The quantitative estimate of drug-likeness (QED) is 0.776. The molecule has 2 atom stereocenters. The van der Waals surface area contributed by atoms with Crippen LogP contribution in [0.2, 0.25) is 0 Å². The average molecular weight is 313 g/mol. The van der Waals surface area contributed by atoms with Crippen LogP contribution in [0.3, 0.4) is 0 Å². The molecule has 0 aromatic heterocycles. The Labute approximate surface area is 123 Å². The molecule has 2 N–H and O–H groups in total. The zero-order chi connectivity index (χ0) is 15.5. The van der Waals surface area contributed by atoms with Crippen LogP contribution in [0.15, 0.2) is 30.3 Å². The van der Waals surface area contributed by atoms with Gasteiger partial charge in [0, 0.05) is 18.2 Å². The van der Waals surface area contributed by atoms with Crippen molar-refractivity contribution in [2.45, 2.75) is 18.6 Å². The first-order valence-corrected chi connectivity index (χ1v) is 8.60. The average Bonchev–Trinajstić information content (AvgIpc) is 2.84. The molecule has 116 valence electrons. The van der Waals surface area contributed by atoms with Crippen molar-refractivity contribution in [1.82, 2.24) is 4.90 Å². The number of sulfone groups is 1. The second kappa shape index (κ2) is 6.55. The van der Waals surface area contributed by atoms with Gasteiger partial charge in [0.25, 0.3) is 5.91 Å². The van der Waals surface area contributed by atoms with E-state index in [4.69, 9.17) is 5.11 Å². The monoisotopic (exact) mass is 313 g/mol. The molecule has 7 heteroatoms. The molecule has 1 aromatic rings. The van der Waals surface area contributed by atoms with Gasteiger partial charge in [-0.2, -0.15) is 0 Å². The SMILES string of the molecule is O=C(c1ccccc1)N(C[C@H](O)CO)[C@H]1CCS(=O)(=O)C1. The summed E-state index contributed by atoms with van der Waals surface area (Å²) in [4.78, 5) is 13.9. The van der Waals surface area contributed by atoms with E-state index in [1.165, 1.54) is 4.90 Å². The number of aliphatic hydroxyl groups is 2. The van der Waals surface area contributed by atoms with Crippen molar-refractivity contribution in [2.24, 2.45) is 0 Å². The molecule has 0 bridgehead atoms. The summed E-state index contributed by atoms with van der Waals surface area (Å²) in [5.74, 6) is -0.375. The van der Waals surface area contributed by atoms with Gasteiger partial charge in [-0.25, -0.2) is 8.42 Å². The minimum Gasteiger partial charge on any atom is -0.394 e. The van der Waals surface area contributed by atoms with E-state index in [1.54, 1.807) is 30.3 Å². The molecular weight excluding hydrogens is 294 g/mol. The van der Waals surface area contributed by atoms with Crippen LogP contribution in [0.25, 0.3) is 0 Å². The van der Waals surface area contributed by atoms with E-state index in [0.29, 0.717) is 12.0 Å². The lowest BCUT2D eigenvalue weighted by Crippen LogP contribution is -2.46. The molecule has 1 heterocycles. The number of aliphatic hydroxyl groups excluding tert-OH is 2. The maximum Gasteiger partial charge on any atom is 0.254 e. The zero-order valence-electron chi connectivity index (χ0n) is 11.6. The van der Waals surface area contributed by atoms with Crippen molar-refractivity contribution in [1.29, 1.82) is 0 Å². The van der Waals surface area contributed by atoms with Crippen molar-refractivity contribution in [3.63, 3.8) is 0 Å². The molecule has 6 nitrogen and oxygen atoms in total. The summed E-state index contributed by atoms with van der Waals surface area (Å²) in [5.41, 5.74) is 0.437. The first kappa shape index (κ1) is 15.9. The standard InChI is InChI=1S/C14H19NO5S/c16-9-13(17)8-15(12-6-7-21(19,20)10-12)14(18)11-4-2-1-3-5-11/h1-5,12-13,16-17H,6-10H2/t12-,13-/m0/s1. The molecule has 1 aliphatic rings. The summed E-state index contributed by atoms with van der Waals surface area (Å²) in [7, 11) is -3.14. The lowest BCUT2D eigenvalue weighted by Gasteiger charge is -2.30. The van der Waals surface area contributed by atoms with Gasteiger partial charge in [0.2, 0.25) is 0 Å². The lowest BCUT2D eigenvalue weighted by atomic mass is 10.1. The summed E-state index contributed by atoms with van der Waals surface area (Å²) in [6.07, 6.45) is -0.722. The number of hydrogen-bond donors (Lipinski definition) is 2. The predicted molar refractivity (Wildman–Crippen MR) is 77.6 cm³/mol. The van der Waals surface area contributed by atoms with E-state index >= 15 is 0 Å². The van der Waals surface area contributed by atoms with Crippen molar-refractivity contribution in [3.8, 4) is 0 Å². The molecule has 2 rings (SSSR count). The molecule has 0 saturated carbocycles. The second-order valence-electron chi connectivity index (χ2n) is 5.22. The van der Waals surface area contributed by atoms with E-state index in [1.807, 2.05) is 0 Å². The summed E-state index contributed by atoms with van der Waals surface area (Å²) in [5, 5.41) is 18.6. The Balaban J connectivity index is 2.22. The van der Waals surface area contributed by atoms with Gasteiger partial charge in [0.15, 0.2) is 9.84 Å². The van der Waals surface area contributed by atoms with Crippen LogP contribution in [0.5, 0.6) is 0 Å². The second-order valence-corrected chi connectivity index (χ2v) is 7.45. The number of benzene rings is 1.